The van der Waals surface area contributed by atoms with Crippen molar-refractivity contribution in [2.75, 3.05) is 33.8 Å². The number of aryl methyl sites for hydroxylation is 2. The maximum Gasteiger partial charge on any atom is 0.407 e. The zero-order chi connectivity index (χ0) is 62.4. The van der Waals surface area contributed by atoms with Crippen molar-refractivity contribution in [2.45, 2.75) is 165 Å². The number of hydrogen-bond donors (Lipinski definition) is 6. The lowest BCUT2D eigenvalue weighted by Gasteiger charge is -2.35. The number of ether oxygens (including phenoxy) is 1. The van der Waals surface area contributed by atoms with Gasteiger partial charge in [-0.3, -0.25) is 37.8 Å². The number of nitrogens with one attached hydrogen (secondary N) is 6. The Hall–Kier alpha value is -8.40. The van der Waals surface area contributed by atoms with E-state index in [0.29, 0.717) is 84.1 Å². The molecule has 5 aliphatic rings. The average Bonchev–Trinajstić information content (AvgIpc) is 1.65. The number of hydrogen-bond acceptors (Lipinski definition) is 11. The van der Waals surface area contributed by atoms with Crippen LogP contribution in [0.4, 0.5) is 9.18 Å². The summed E-state index contributed by atoms with van der Waals surface area (Å²) in [5.41, 5.74) is 7.10. The monoisotopic (exact) mass is 1220 g/mol. The SMILES string of the molecule is CN[C@@H](C)C(=O)N[C@H](C(=O)N1C[C@@H](NC(=O)CC2CCN(C(=O)c3ccc(-c4[nH]c5ncc6c(c5c4-c4ccc5c(cnn5C(C)C)c4)n([C@@H]4CC[C@@H](NC(=O)OC)C4)c(=O)n6C)cc3F)CC2)C[C@H]1C(=O)N[C@@H]1CCCc2ccccc21)C1CCCCC1. The number of likely N-dealkylation sites (N-methyl/N-ethyl adjacent to an activating group) is 1. The summed E-state index contributed by atoms with van der Waals surface area (Å²) in [4.78, 5) is 109. The Morgan fingerprint density at radius 2 is 1.60 bits per heavy atom. The maximum absolute atomic E-state index is 16.9. The van der Waals surface area contributed by atoms with Crippen molar-refractivity contribution in [1.29, 1.82) is 0 Å². The highest BCUT2D eigenvalue weighted by Crippen LogP contribution is 2.44. The van der Waals surface area contributed by atoms with Crippen molar-refractivity contribution in [2.24, 2.45) is 18.9 Å². The Labute approximate surface area is 516 Å². The molecule has 7 atom stereocenters. The number of pyridine rings is 1. The first-order valence-corrected chi connectivity index (χ1v) is 32.0. The lowest BCUT2D eigenvalue weighted by molar-refractivity contribution is -0.143. The van der Waals surface area contributed by atoms with Gasteiger partial charge in [-0.2, -0.15) is 5.10 Å². The number of aromatic amines is 1. The molecule has 6 heterocycles. The molecule has 0 spiro atoms. The van der Waals surface area contributed by atoms with Gasteiger partial charge in [-0.25, -0.2) is 19.0 Å². The van der Waals surface area contributed by atoms with Crippen molar-refractivity contribution in [3.05, 3.63) is 106 Å². The number of amides is 6. The highest BCUT2D eigenvalue weighted by Gasteiger charge is 2.46. The van der Waals surface area contributed by atoms with E-state index in [9.17, 15) is 33.6 Å². The number of piperidine rings is 1. The smallest absolute Gasteiger partial charge is 0.407 e. The molecule has 6 amide bonds. The molecule has 2 saturated heterocycles. The van der Waals surface area contributed by atoms with Crippen LogP contribution in [0.25, 0.3) is 55.4 Å². The molecular weight excluding hydrogens is 1130 g/mol. The van der Waals surface area contributed by atoms with Gasteiger partial charge < -0.3 is 46.1 Å². The number of likely N-dealkylation sites (tertiary alicyclic amines) is 2. The fraction of sp³-hybridized carbons (Fsp3) is 0.507. The molecule has 3 aliphatic carbocycles. The summed E-state index contributed by atoms with van der Waals surface area (Å²) in [6.45, 7) is 6.59. The number of benzene rings is 3. The van der Waals surface area contributed by atoms with Crippen LogP contribution in [0.1, 0.15) is 150 Å². The summed E-state index contributed by atoms with van der Waals surface area (Å²) in [6, 6.07) is 15.4. The molecule has 6 N–H and O–H groups in total. The Morgan fingerprint density at radius 3 is 2.35 bits per heavy atom. The van der Waals surface area contributed by atoms with Crippen molar-refractivity contribution < 1.29 is 37.9 Å². The highest BCUT2D eigenvalue weighted by atomic mass is 19.1. The molecule has 3 aromatic carbocycles. The lowest BCUT2D eigenvalue weighted by Crippen LogP contribution is -2.58. The number of halogens is 1. The third-order valence-electron chi connectivity index (χ3n) is 19.8. The van der Waals surface area contributed by atoms with Crippen LogP contribution in [-0.2, 0) is 37.4 Å². The predicted octanol–water partition coefficient (Wildman–Crippen LogP) is 8.26. The van der Waals surface area contributed by atoms with Gasteiger partial charge in [0, 0.05) is 73.8 Å². The second-order valence-corrected chi connectivity index (χ2v) is 25.7. The Bertz CT molecular complexity index is 3930. The Kier molecular flexibility index (Phi) is 17.5. The zero-order valence-electron chi connectivity index (χ0n) is 51.7. The zero-order valence-corrected chi connectivity index (χ0v) is 51.7. The molecule has 470 valence electrons. The second-order valence-electron chi connectivity index (χ2n) is 25.7. The molecule has 21 nitrogen and oxygen atoms in total. The van der Waals surface area contributed by atoms with E-state index in [2.05, 4.69) is 56.6 Å². The van der Waals surface area contributed by atoms with E-state index in [1.807, 2.05) is 47.3 Å². The van der Waals surface area contributed by atoms with Crippen LogP contribution < -0.4 is 32.3 Å². The molecule has 2 aliphatic heterocycles. The fourth-order valence-electron chi connectivity index (χ4n) is 14.9. The summed E-state index contributed by atoms with van der Waals surface area (Å²) in [6.07, 6.45) is 13.2. The van der Waals surface area contributed by atoms with Crippen molar-refractivity contribution in [3.63, 3.8) is 0 Å². The van der Waals surface area contributed by atoms with Crippen molar-refractivity contribution in [3.8, 4) is 22.4 Å². The summed E-state index contributed by atoms with van der Waals surface area (Å²) in [5.74, 6) is -2.44. The van der Waals surface area contributed by atoms with Crippen LogP contribution in [0.2, 0.25) is 0 Å². The number of carbonyl (C=O) groups is 6. The van der Waals surface area contributed by atoms with Gasteiger partial charge in [-0.1, -0.05) is 55.7 Å². The van der Waals surface area contributed by atoms with Crippen molar-refractivity contribution >= 4 is 68.6 Å². The van der Waals surface area contributed by atoms with E-state index in [4.69, 9.17) is 9.72 Å². The Morgan fingerprint density at radius 1 is 0.820 bits per heavy atom. The average molecular weight is 1220 g/mol. The predicted molar refractivity (Wildman–Crippen MR) is 336 cm³/mol. The minimum atomic E-state index is -0.871. The van der Waals surface area contributed by atoms with E-state index in [1.54, 1.807) is 52.2 Å². The first kappa shape index (κ1) is 60.9. The van der Waals surface area contributed by atoms with Gasteiger partial charge in [0.1, 0.15) is 23.5 Å². The van der Waals surface area contributed by atoms with Crippen LogP contribution in [0.15, 0.2) is 77.9 Å². The second kappa shape index (κ2) is 25.6. The number of H-pyrrole nitrogens is 1. The molecule has 0 radical (unpaired) electrons. The lowest BCUT2D eigenvalue weighted by atomic mass is 9.83. The Balaban J connectivity index is 0.757. The van der Waals surface area contributed by atoms with Gasteiger partial charge in [-0.05, 0) is 151 Å². The first-order chi connectivity index (χ1) is 43.0. The summed E-state index contributed by atoms with van der Waals surface area (Å²) >= 11 is 0. The van der Waals surface area contributed by atoms with Crippen LogP contribution in [-0.4, -0.2) is 138 Å². The van der Waals surface area contributed by atoms with Crippen LogP contribution in [0.3, 0.4) is 0 Å². The quantitative estimate of drug-likeness (QED) is 0.0537. The van der Waals surface area contributed by atoms with Gasteiger partial charge in [0.25, 0.3) is 5.91 Å². The van der Waals surface area contributed by atoms with E-state index in [1.165, 1.54) is 24.8 Å². The topological polar surface area (TPSA) is 252 Å². The van der Waals surface area contributed by atoms with E-state index in [0.717, 1.165) is 73.4 Å². The molecule has 89 heavy (non-hydrogen) atoms. The molecule has 2 saturated carbocycles. The minimum absolute atomic E-state index is 0.0806. The normalized spacial score (nSPS) is 21.5. The van der Waals surface area contributed by atoms with Gasteiger partial charge in [-0.15, -0.1) is 0 Å². The highest BCUT2D eigenvalue weighted by molar-refractivity contribution is 6.15. The molecule has 22 heteroatoms. The van der Waals surface area contributed by atoms with Gasteiger partial charge in [0.05, 0.1) is 64.8 Å². The third-order valence-corrected chi connectivity index (χ3v) is 19.8. The minimum Gasteiger partial charge on any atom is -0.453 e. The number of rotatable bonds is 16. The number of imidazole rings is 1. The number of fused-ring (bicyclic) bond motifs is 5. The van der Waals surface area contributed by atoms with Crippen LogP contribution in [0.5, 0.6) is 0 Å². The molecular formula is C67H82FN13O8. The van der Waals surface area contributed by atoms with Gasteiger partial charge in [0.15, 0.2) is 0 Å². The number of alkyl carbamates (subject to hydrolysis) is 1. The van der Waals surface area contributed by atoms with E-state index in [-0.39, 0.29) is 90.3 Å². The van der Waals surface area contributed by atoms with E-state index >= 15 is 4.39 Å². The standard InChI is InChI=1S/C67H82FN13O8/c1-37(2)81-52-24-20-42(30-44(52)34-71-81)56-57-60-54(77(5)67(88)80(60)47-22-21-45(32-47)73-66(87)89-6)35-70-61(57)75-58(56)43-19-23-49(50(68)31-43)64(85)78-27-25-39(26-28-78)29-55(82)72-46-33-53(63(84)74-51-18-12-16-40-13-10-11-17-48(40)51)79(36-46)65(86)59(41-14-8-7-9-15-41)76-62(83)38(3)69-4/h10-11,13,17,19-20,23-24,30-31,34-35,37-39,41,45-47,51,53,59,69H,7-9,12,14-16,18,21-22,25-29,32-33,36H2,1-6H3,(H,70,75)(H,72,82)(H,73,87)(H,74,84)(H,76,83)/t38-,45+,46-,47+,51+,53-,59-/m0/s1. The molecule has 4 aromatic heterocycles. The van der Waals surface area contributed by atoms with E-state index < -0.39 is 42.0 Å². The number of methoxy groups -OCH3 is 1. The fourth-order valence-corrected chi connectivity index (χ4v) is 14.9. The summed E-state index contributed by atoms with van der Waals surface area (Å²) in [5, 5.41) is 21.6. The number of aromatic nitrogens is 6. The molecule has 0 unspecified atom stereocenters. The van der Waals surface area contributed by atoms with Crippen molar-refractivity contribution in [1.82, 2.24) is 65.3 Å². The van der Waals surface area contributed by atoms with Crippen LogP contribution >= 0.6 is 0 Å². The summed E-state index contributed by atoms with van der Waals surface area (Å²) in [7, 11) is 4.74. The van der Waals surface area contributed by atoms with Gasteiger partial charge in [0.2, 0.25) is 23.6 Å². The maximum atomic E-state index is 16.9. The number of nitrogens with zero attached hydrogens (tertiary/aromatic N) is 7. The largest absolute Gasteiger partial charge is 0.453 e. The summed E-state index contributed by atoms with van der Waals surface area (Å²) < 4.78 is 27.1. The molecule has 4 fully saturated rings. The third kappa shape index (κ3) is 12.0. The first-order valence-electron chi connectivity index (χ1n) is 32.0. The number of carbonyl (C=O) groups excluding carboxylic acids is 6. The van der Waals surface area contributed by atoms with Crippen LogP contribution in [0, 0.1) is 17.7 Å². The molecule has 0 bridgehead atoms. The molecule has 12 rings (SSSR count). The molecule has 7 aromatic rings. The van der Waals surface area contributed by atoms with Gasteiger partial charge >= 0.3 is 11.8 Å².